The number of amides is 2. The molecular formula is C13H18N2O. The second-order valence-electron chi connectivity index (χ2n) is 3.89. The van der Waals surface area contributed by atoms with Crippen LogP contribution in [0.25, 0.3) is 0 Å². The van der Waals surface area contributed by atoms with Gasteiger partial charge < -0.3 is 5.32 Å². The predicted molar refractivity (Wildman–Crippen MR) is 66.9 cm³/mol. The van der Waals surface area contributed by atoms with E-state index in [-0.39, 0.29) is 12.1 Å². The minimum atomic E-state index is -0.341. The standard InChI is InChI=1S/C13H18N2O/c1-11(15-13(16)14-2)7-6-10-12-8-4-3-5-9-12/h3-5,8-9,11H,2,6-7,10H2,1H3,(H,15,16)/t11-/m0/s1. The second-order valence-corrected chi connectivity index (χ2v) is 3.89. The molecule has 2 amide bonds. The van der Waals surface area contributed by atoms with Crippen molar-refractivity contribution < 1.29 is 4.79 Å². The van der Waals surface area contributed by atoms with Crippen LogP contribution in [0.2, 0.25) is 0 Å². The van der Waals surface area contributed by atoms with Gasteiger partial charge in [-0.3, -0.25) is 0 Å². The van der Waals surface area contributed by atoms with Gasteiger partial charge in [0.15, 0.2) is 0 Å². The zero-order valence-electron chi connectivity index (χ0n) is 9.65. The van der Waals surface area contributed by atoms with Gasteiger partial charge in [0, 0.05) is 6.04 Å². The Morgan fingerprint density at radius 2 is 2.12 bits per heavy atom. The zero-order chi connectivity index (χ0) is 11.8. The highest BCUT2D eigenvalue weighted by molar-refractivity contribution is 5.78. The predicted octanol–water partition coefficient (Wildman–Crippen LogP) is 2.81. The monoisotopic (exact) mass is 218 g/mol. The van der Waals surface area contributed by atoms with Gasteiger partial charge in [-0.15, -0.1) is 0 Å². The van der Waals surface area contributed by atoms with Crippen LogP contribution in [0.4, 0.5) is 4.79 Å². The van der Waals surface area contributed by atoms with Crippen LogP contribution in [0.15, 0.2) is 35.3 Å². The van der Waals surface area contributed by atoms with Crippen molar-refractivity contribution in [2.45, 2.75) is 32.2 Å². The smallest absolute Gasteiger partial charge is 0.334 e. The van der Waals surface area contributed by atoms with E-state index in [4.69, 9.17) is 0 Å². The van der Waals surface area contributed by atoms with Gasteiger partial charge in [0.05, 0.1) is 0 Å². The Morgan fingerprint density at radius 3 is 2.75 bits per heavy atom. The highest BCUT2D eigenvalue weighted by Gasteiger charge is 2.04. The molecule has 0 unspecified atom stereocenters. The van der Waals surface area contributed by atoms with E-state index in [0.717, 1.165) is 19.3 Å². The molecule has 1 N–H and O–H groups in total. The lowest BCUT2D eigenvalue weighted by atomic mass is 10.1. The number of nitrogens with one attached hydrogen (secondary N) is 1. The highest BCUT2D eigenvalue weighted by atomic mass is 16.2. The number of rotatable bonds is 5. The minimum Gasteiger partial charge on any atom is -0.334 e. The van der Waals surface area contributed by atoms with Crippen molar-refractivity contribution in [1.29, 1.82) is 0 Å². The average Bonchev–Trinajstić information content (AvgIpc) is 2.30. The molecule has 1 atom stereocenters. The number of hydrogen-bond acceptors (Lipinski definition) is 1. The quantitative estimate of drug-likeness (QED) is 0.759. The van der Waals surface area contributed by atoms with Crippen LogP contribution < -0.4 is 5.32 Å². The van der Waals surface area contributed by atoms with Crippen LogP contribution in [-0.4, -0.2) is 18.8 Å². The van der Waals surface area contributed by atoms with Crippen LogP contribution >= 0.6 is 0 Å². The fourth-order valence-electron chi connectivity index (χ4n) is 1.59. The number of aliphatic imine (C=N–C) groups is 1. The maximum Gasteiger partial charge on any atom is 0.340 e. The largest absolute Gasteiger partial charge is 0.340 e. The molecule has 0 bridgehead atoms. The van der Waals surface area contributed by atoms with Crippen molar-refractivity contribution in [3.05, 3.63) is 35.9 Å². The molecule has 3 nitrogen and oxygen atoms in total. The van der Waals surface area contributed by atoms with Crippen molar-refractivity contribution in [1.82, 2.24) is 5.32 Å². The number of aryl methyl sites for hydroxylation is 1. The number of nitrogens with zero attached hydrogens (tertiary/aromatic N) is 1. The normalized spacial score (nSPS) is 11.8. The summed E-state index contributed by atoms with van der Waals surface area (Å²) in [7, 11) is 0. The van der Waals surface area contributed by atoms with Gasteiger partial charge in [-0.25, -0.2) is 9.79 Å². The van der Waals surface area contributed by atoms with Crippen molar-refractivity contribution in [3.8, 4) is 0 Å². The van der Waals surface area contributed by atoms with Crippen LogP contribution in [0, 0.1) is 0 Å². The van der Waals surface area contributed by atoms with Crippen LogP contribution in [0.3, 0.4) is 0 Å². The lowest BCUT2D eigenvalue weighted by molar-refractivity contribution is 0.245. The first-order chi connectivity index (χ1) is 7.72. The fourth-order valence-corrected chi connectivity index (χ4v) is 1.59. The Morgan fingerprint density at radius 1 is 1.44 bits per heavy atom. The fraction of sp³-hybridized carbons (Fsp3) is 0.385. The molecule has 0 aromatic heterocycles. The molecule has 0 saturated heterocycles. The Bertz CT molecular complexity index is 335. The average molecular weight is 218 g/mol. The summed E-state index contributed by atoms with van der Waals surface area (Å²) in [4.78, 5) is 14.2. The third kappa shape index (κ3) is 4.73. The van der Waals surface area contributed by atoms with Crippen molar-refractivity contribution >= 4 is 12.7 Å². The van der Waals surface area contributed by atoms with E-state index >= 15 is 0 Å². The summed E-state index contributed by atoms with van der Waals surface area (Å²) in [6.45, 7) is 5.16. The topological polar surface area (TPSA) is 41.5 Å². The van der Waals surface area contributed by atoms with Gasteiger partial charge in [-0.1, -0.05) is 30.3 Å². The summed E-state index contributed by atoms with van der Waals surface area (Å²) < 4.78 is 0. The van der Waals surface area contributed by atoms with E-state index in [1.54, 1.807) is 0 Å². The summed E-state index contributed by atoms with van der Waals surface area (Å²) in [5, 5.41) is 2.75. The van der Waals surface area contributed by atoms with Gasteiger partial charge in [-0.2, -0.15) is 0 Å². The van der Waals surface area contributed by atoms with Gasteiger partial charge in [0.25, 0.3) is 0 Å². The third-order valence-electron chi connectivity index (χ3n) is 2.46. The molecule has 0 aliphatic heterocycles. The number of urea groups is 1. The molecule has 1 rings (SSSR count). The molecule has 0 saturated carbocycles. The molecule has 0 aliphatic rings. The zero-order valence-corrected chi connectivity index (χ0v) is 9.65. The van der Waals surface area contributed by atoms with Gasteiger partial charge >= 0.3 is 6.03 Å². The van der Waals surface area contributed by atoms with Gasteiger partial charge in [0.1, 0.15) is 0 Å². The molecular weight excluding hydrogens is 200 g/mol. The molecule has 1 aromatic carbocycles. The van der Waals surface area contributed by atoms with Crippen molar-refractivity contribution in [2.75, 3.05) is 0 Å². The first kappa shape index (κ1) is 12.4. The van der Waals surface area contributed by atoms with Crippen molar-refractivity contribution in [2.24, 2.45) is 4.99 Å². The maximum absolute atomic E-state index is 10.9. The summed E-state index contributed by atoms with van der Waals surface area (Å²) in [5.74, 6) is 0. The number of hydrogen-bond donors (Lipinski definition) is 1. The third-order valence-corrected chi connectivity index (χ3v) is 2.46. The summed E-state index contributed by atoms with van der Waals surface area (Å²) >= 11 is 0. The van der Waals surface area contributed by atoms with E-state index in [1.165, 1.54) is 5.56 Å². The molecule has 16 heavy (non-hydrogen) atoms. The molecule has 0 spiro atoms. The number of benzene rings is 1. The van der Waals surface area contributed by atoms with Crippen LogP contribution in [0.1, 0.15) is 25.3 Å². The molecule has 0 heterocycles. The minimum absolute atomic E-state index is 0.154. The van der Waals surface area contributed by atoms with E-state index < -0.39 is 0 Å². The van der Waals surface area contributed by atoms with Gasteiger partial charge in [-0.05, 0) is 38.5 Å². The number of carbonyl (C=O) groups is 1. The molecule has 3 heteroatoms. The lowest BCUT2D eigenvalue weighted by Crippen LogP contribution is -2.29. The molecule has 0 aliphatic carbocycles. The maximum atomic E-state index is 10.9. The SMILES string of the molecule is C=NC(=O)N[C@@H](C)CCCc1ccccc1. The van der Waals surface area contributed by atoms with Crippen molar-refractivity contribution in [3.63, 3.8) is 0 Å². The summed E-state index contributed by atoms with van der Waals surface area (Å²) in [6, 6.07) is 10.2. The summed E-state index contributed by atoms with van der Waals surface area (Å²) in [6.07, 6.45) is 3.06. The highest BCUT2D eigenvalue weighted by Crippen LogP contribution is 2.06. The van der Waals surface area contributed by atoms with E-state index in [2.05, 4.69) is 29.2 Å². The lowest BCUT2D eigenvalue weighted by Gasteiger charge is -2.11. The number of carbonyl (C=O) groups excluding carboxylic acids is 1. The molecule has 0 radical (unpaired) electrons. The Hall–Kier alpha value is -1.64. The van der Waals surface area contributed by atoms with E-state index in [1.807, 2.05) is 25.1 Å². The Balaban J connectivity index is 2.20. The van der Waals surface area contributed by atoms with Crippen LogP contribution in [0.5, 0.6) is 0 Å². The molecule has 1 aromatic rings. The summed E-state index contributed by atoms with van der Waals surface area (Å²) in [5.41, 5.74) is 1.34. The van der Waals surface area contributed by atoms with E-state index in [9.17, 15) is 4.79 Å². The van der Waals surface area contributed by atoms with E-state index in [0.29, 0.717) is 0 Å². The Labute approximate surface area is 96.6 Å². The van der Waals surface area contributed by atoms with Gasteiger partial charge in [0.2, 0.25) is 0 Å². The second kappa shape index (κ2) is 6.77. The Kier molecular flexibility index (Phi) is 5.26. The van der Waals surface area contributed by atoms with Crippen LogP contribution in [-0.2, 0) is 6.42 Å². The first-order valence-corrected chi connectivity index (χ1v) is 5.53. The first-order valence-electron chi connectivity index (χ1n) is 5.53. The molecule has 86 valence electrons. The molecule has 0 fully saturated rings.